The number of hydrazone groups is 1. The molecule has 24 heavy (non-hydrogen) atoms. The van der Waals surface area contributed by atoms with Gasteiger partial charge in [-0.3, -0.25) is 14.4 Å². The van der Waals surface area contributed by atoms with E-state index in [2.05, 4.69) is 37.1 Å². The van der Waals surface area contributed by atoms with Crippen molar-refractivity contribution in [2.24, 2.45) is 5.10 Å². The number of amides is 3. The second kappa shape index (κ2) is 9.17. The van der Waals surface area contributed by atoms with Gasteiger partial charge in [0.05, 0.1) is 6.42 Å². The lowest BCUT2D eigenvalue weighted by molar-refractivity contribution is -0.139. The van der Waals surface area contributed by atoms with Gasteiger partial charge in [-0.25, -0.2) is 5.43 Å². The fraction of sp³-hybridized carbons (Fsp3) is 0.375. The van der Waals surface area contributed by atoms with Crippen molar-refractivity contribution in [3.05, 3.63) is 28.2 Å². The Bertz CT molecular complexity index is 671. The molecule has 1 aromatic carbocycles. The Kier molecular flexibility index (Phi) is 7.57. The molecule has 130 valence electrons. The van der Waals surface area contributed by atoms with Crippen LogP contribution in [0.1, 0.15) is 32.8 Å². The monoisotopic (exact) mass is 396 g/mol. The highest BCUT2D eigenvalue weighted by molar-refractivity contribution is 9.10. The van der Waals surface area contributed by atoms with Gasteiger partial charge in [0.25, 0.3) is 0 Å². The zero-order chi connectivity index (χ0) is 18.3. The van der Waals surface area contributed by atoms with Gasteiger partial charge in [-0.2, -0.15) is 5.10 Å². The van der Waals surface area contributed by atoms with Crippen molar-refractivity contribution in [2.45, 2.75) is 40.2 Å². The summed E-state index contributed by atoms with van der Waals surface area (Å²) in [5.74, 6) is -1.90. The fourth-order valence-electron chi connectivity index (χ4n) is 1.76. The number of carbonyl (C=O) groups excluding carboxylic acids is 3. The minimum atomic E-state index is -0.868. The molecular weight excluding hydrogens is 376 g/mol. The van der Waals surface area contributed by atoms with Gasteiger partial charge < -0.3 is 10.6 Å². The molecule has 3 N–H and O–H groups in total. The fourth-order valence-corrected chi connectivity index (χ4v) is 2.23. The minimum Gasteiger partial charge on any atom is -0.346 e. The highest BCUT2D eigenvalue weighted by Gasteiger charge is 2.14. The normalized spacial score (nSPS) is 11.2. The molecule has 0 aliphatic heterocycles. The number of carbonyl (C=O) groups is 3. The van der Waals surface area contributed by atoms with Crippen molar-refractivity contribution < 1.29 is 14.4 Å². The molecule has 0 aliphatic rings. The van der Waals surface area contributed by atoms with Crippen LogP contribution in [-0.2, 0) is 14.4 Å². The molecule has 0 heterocycles. The third-order valence-corrected chi connectivity index (χ3v) is 3.35. The van der Waals surface area contributed by atoms with Crippen LogP contribution in [0.15, 0.2) is 27.8 Å². The summed E-state index contributed by atoms with van der Waals surface area (Å²) < 4.78 is 0.929. The zero-order valence-corrected chi connectivity index (χ0v) is 15.7. The van der Waals surface area contributed by atoms with E-state index in [0.717, 1.165) is 10.0 Å². The molecule has 0 bridgehead atoms. The molecule has 0 aromatic heterocycles. The maximum Gasteiger partial charge on any atom is 0.329 e. The summed E-state index contributed by atoms with van der Waals surface area (Å²) in [5.41, 5.74) is 4.14. The Labute approximate surface area is 149 Å². The number of hydrogen-bond donors (Lipinski definition) is 3. The van der Waals surface area contributed by atoms with Gasteiger partial charge in [-0.15, -0.1) is 0 Å². The lowest BCUT2D eigenvalue weighted by Crippen LogP contribution is -2.41. The van der Waals surface area contributed by atoms with Crippen molar-refractivity contribution in [3.8, 4) is 0 Å². The number of aryl methyl sites for hydroxylation is 1. The summed E-state index contributed by atoms with van der Waals surface area (Å²) in [6, 6.07) is 5.37. The topological polar surface area (TPSA) is 99.7 Å². The molecule has 3 amide bonds. The quantitative estimate of drug-likeness (QED) is 0.403. The van der Waals surface area contributed by atoms with Crippen molar-refractivity contribution in [1.29, 1.82) is 0 Å². The van der Waals surface area contributed by atoms with Gasteiger partial charge >= 0.3 is 11.8 Å². The molecule has 0 spiro atoms. The Morgan fingerprint density at radius 1 is 1.21 bits per heavy atom. The van der Waals surface area contributed by atoms with E-state index in [1.807, 2.05) is 19.1 Å². The van der Waals surface area contributed by atoms with Crippen LogP contribution in [0.4, 0.5) is 5.69 Å². The molecule has 0 unspecified atom stereocenters. The van der Waals surface area contributed by atoms with Crippen LogP contribution in [0.25, 0.3) is 0 Å². The first-order valence-corrected chi connectivity index (χ1v) is 8.18. The molecule has 0 saturated carbocycles. The third kappa shape index (κ3) is 6.91. The van der Waals surface area contributed by atoms with E-state index in [0.29, 0.717) is 11.4 Å². The van der Waals surface area contributed by atoms with Gasteiger partial charge in [0.2, 0.25) is 5.91 Å². The molecule has 1 aromatic rings. The number of rotatable bonds is 5. The second-order valence-corrected chi connectivity index (χ2v) is 6.52. The summed E-state index contributed by atoms with van der Waals surface area (Å²) >= 11 is 3.36. The second-order valence-electron chi connectivity index (χ2n) is 5.60. The maximum atomic E-state index is 12.0. The molecule has 1 rings (SSSR count). The van der Waals surface area contributed by atoms with Crippen molar-refractivity contribution in [3.63, 3.8) is 0 Å². The average Bonchev–Trinajstić information content (AvgIpc) is 2.46. The summed E-state index contributed by atoms with van der Waals surface area (Å²) in [5, 5.41) is 8.98. The van der Waals surface area contributed by atoms with Gasteiger partial charge in [0, 0.05) is 21.9 Å². The number of halogens is 1. The molecule has 0 fully saturated rings. The Balaban J connectivity index is 2.54. The van der Waals surface area contributed by atoms with Crippen LogP contribution in [0.2, 0.25) is 0 Å². The van der Waals surface area contributed by atoms with E-state index < -0.39 is 11.8 Å². The van der Waals surface area contributed by atoms with Crippen molar-refractivity contribution in [1.82, 2.24) is 10.7 Å². The van der Waals surface area contributed by atoms with Gasteiger partial charge in [-0.05, 0) is 51.5 Å². The minimum absolute atomic E-state index is 0.00157. The van der Waals surface area contributed by atoms with Crippen molar-refractivity contribution in [2.75, 3.05) is 5.32 Å². The van der Waals surface area contributed by atoms with E-state index in [9.17, 15) is 14.4 Å². The van der Waals surface area contributed by atoms with Gasteiger partial charge in [0.1, 0.15) is 0 Å². The van der Waals surface area contributed by atoms with Crippen LogP contribution >= 0.6 is 15.9 Å². The molecule has 7 nitrogen and oxygen atoms in total. The van der Waals surface area contributed by atoms with E-state index in [4.69, 9.17) is 0 Å². The Hall–Kier alpha value is -2.22. The molecular formula is C16H21BrN4O3. The van der Waals surface area contributed by atoms with Gasteiger partial charge in [-0.1, -0.05) is 15.9 Å². The summed E-state index contributed by atoms with van der Waals surface area (Å²) in [6.07, 6.45) is 0.00157. The molecule has 0 aliphatic carbocycles. The average molecular weight is 397 g/mol. The lowest BCUT2D eigenvalue weighted by Gasteiger charge is -2.09. The van der Waals surface area contributed by atoms with Crippen LogP contribution in [0, 0.1) is 6.92 Å². The smallest absolute Gasteiger partial charge is 0.329 e. The first-order valence-electron chi connectivity index (χ1n) is 7.39. The summed E-state index contributed by atoms with van der Waals surface area (Å²) in [4.78, 5) is 34.9. The number of benzene rings is 1. The predicted octanol–water partition coefficient (Wildman–Crippen LogP) is 2.10. The zero-order valence-electron chi connectivity index (χ0n) is 14.1. The molecule has 0 atom stereocenters. The Morgan fingerprint density at radius 2 is 1.88 bits per heavy atom. The molecule has 0 radical (unpaired) electrons. The molecule has 8 heteroatoms. The largest absolute Gasteiger partial charge is 0.346 e. The maximum absolute atomic E-state index is 12.0. The third-order valence-electron chi connectivity index (χ3n) is 2.85. The summed E-state index contributed by atoms with van der Waals surface area (Å²) in [7, 11) is 0. The predicted molar refractivity (Wildman–Crippen MR) is 96.7 cm³/mol. The number of nitrogens with one attached hydrogen (secondary N) is 3. The van der Waals surface area contributed by atoms with Crippen LogP contribution in [-0.4, -0.2) is 29.5 Å². The SMILES string of the molecule is C/C(CC(=O)Nc1ccc(Br)cc1C)=N\NC(=O)C(=O)NC(C)C. The van der Waals surface area contributed by atoms with Crippen LogP contribution in [0.3, 0.4) is 0 Å². The van der Waals surface area contributed by atoms with Gasteiger partial charge in [0.15, 0.2) is 0 Å². The number of anilines is 1. The number of hydrogen-bond acceptors (Lipinski definition) is 4. The first-order chi connectivity index (χ1) is 11.2. The highest BCUT2D eigenvalue weighted by Crippen LogP contribution is 2.20. The standard InChI is InChI=1S/C16H21BrN4O3/c1-9(2)18-15(23)16(24)21-20-11(4)8-14(22)19-13-6-5-12(17)7-10(13)3/h5-7,9H,8H2,1-4H3,(H,18,23)(H,19,22)(H,21,24)/b20-11+. The van der Waals surface area contributed by atoms with Crippen LogP contribution in [0.5, 0.6) is 0 Å². The summed E-state index contributed by atoms with van der Waals surface area (Å²) in [6.45, 7) is 6.96. The van der Waals surface area contributed by atoms with E-state index >= 15 is 0 Å². The van der Waals surface area contributed by atoms with E-state index in [1.165, 1.54) is 0 Å². The highest BCUT2D eigenvalue weighted by atomic mass is 79.9. The Morgan fingerprint density at radius 3 is 2.46 bits per heavy atom. The van der Waals surface area contributed by atoms with E-state index in [1.54, 1.807) is 26.8 Å². The van der Waals surface area contributed by atoms with Crippen molar-refractivity contribution >= 4 is 45.1 Å². The number of nitrogens with zero attached hydrogens (tertiary/aromatic N) is 1. The lowest BCUT2D eigenvalue weighted by atomic mass is 10.2. The molecule has 0 saturated heterocycles. The van der Waals surface area contributed by atoms with Crippen LogP contribution < -0.4 is 16.1 Å². The first kappa shape index (κ1) is 19.8. The van der Waals surface area contributed by atoms with E-state index in [-0.39, 0.29) is 18.4 Å².